The van der Waals surface area contributed by atoms with Gasteiger partial charge in [-0.25, -0.2) is 0 Å². The van der Waals surface area contributed by atoms with Gasteiger partial charge < -0.3 is 14.6 Å². The van der Waals surface area contributed by atoms with Crippen molar-refractivity contribution in [2.24, 2.45) is 0 Å². The van der Waals surface area contributed by atoms with Crippen LogP contribution in [0.3, 0.4) is 0 Å². The molecule has 0 amide bonds. The normalized spacial score (nSPS) is 10.2. The van der Waals surface area contributed by atoms with Gasteiger partial charge in [0.2, 0.25) is 0 Å². The first kappa shape index (κ1) is 12.3. The minimum absolute atomic E-state index is 0.00981. The van der Waals surface area contributed by atoms with Gasteiger partial charge in [-0.05, 0) is 18.1 Å². The second-order valence-corrected chi connectivity index (χ2v) is 3.92. The third kappa shape index (κ3) is 2.26. The van der Waals surface area contributed by atoms with Crippen molar-refractivity contribution in [3.8, 4) is 11.5 Å². The van der Waals surface area contributed by atoms with Gasteiger partial charge in [0.15, 0.2) is 11.5 Å². The fourth-order valence-corrected chi connectivity index (χ4v) is 2.19. The molecule has 0 saturated carbocycles. The number of halogens is 1. The van der Waals surface area contributed by atoms with Crippen molar-refractivity contribution < 1.29 is 14.6 Å². The lowest BCUT2D eigenvalue weighted by Gasteiger charge is -2.16. The van der Waals surface area contributed by atoms with E-state index < -0.39 is 0 Å². The molecule has 0 heterocycles. The van der Waals surface area contributed by atoms with E-state index in [2.05, 4.69) is 15.9 Å². The number of methoxy groups -OCH3 is 2. The SMILES string of the molecule is CCc1c(CO)c(Br)cc(OC)c1OC. The van der Waals surface area contributed by atoms with Gasteiger partial charge in [-0.1, -0.05) is 22.9 Å². The fourth-order valence-electron chi connectivity index (χ4n) is 1.62. The first-order valence-corrected chi connectivity index (χ1v) is 5.51. The highest BCUT2D eigenvalue weighted by Gasteiger charge is 2.16. The number of benzene rings is 1. The summed E-state index contributed by atoms with van der Waals surface area (Å²) in [4.78, 5) is 0. The van der Waals surface area contributed by atoms with Crippen molar-refractivity contribution in [1.82, 2.24) is 0 Å². The summed E-state index contributed by atoms with van der Waals surface area (Å²) >= 11 is 3.41. The molecule has 0 aromatic heterocycles. The standard InChI is InChI=1S/C11H15BrO3/c1-4-7-8(6-13)9(12)5-10(14-2)11(7)15-3/h5,13H,4,6H2,1-3H3. The third-order valence-electron chi connectivity index (χ3n) is 2.34. The average Bonchev–Trinajstić information content (AvgIpc) is 2.27. The summed E-state index contributed by atoms with van der Waals surface area (Å²) in [6, 6.07) is 1.81. The second kappa shape index (κ2) is 5.37. The molecule has 0 unspecified atom stereocenters. The number of aliphatic hydroxyl groups excluding tert-OH is 1. The van der Waals surface area contributed by atoms with E-state index in [1.54, 1.807) is 14.2 Å². The van der Waals surface area contributed by atoms with Gasteiger partial charge >= 0.3 is 0 Å². The van der Waals surface area contributed by atoms with E-state index in [1.807, 2.05) is 13.0 Å². The van der Waals surface area contributed by atoms with E-state index in [9.17, 15) is 5.11 Å². The summed E-state index contributed by atoms with van der Waals surface area (Å²) in [6.07, 6.45) is 0.787. The minimum atomic E-state index is -0.00981. The van der Waals surface area contributed by atoms with Crippen LogP contribution in [0.2, 0.25) is 0 Å². The van der Waals surface area contributed by atoms with Gasteiger partial charge in [0.05, 0.1) is 20.8 Å². The number of ether oxygens (including phenoxy) is 2. The monoisotopic (exact) mass is 274 g/mol. The maximum atomic E-state index is 9.29. The molecule has 0 radical (unpaired) electrons. The van der Waals surface area contributed by atoms with E-state index >= 15 is 0 Å². The minimum Gasteiger partial charge on any atom is -0.493 e. The molecule has 0 bridgehead atoms. The van der Waals surface area contributed by atoms with Gasteiger partial charge in [0.25, 0.3) is 0 Å². The van der Waals surface area contributed by atoms with E-state index in [1.165, 1.54) is 0 Å². The molecule has 4 heteroatoms. The predicted octanol–water partition coefficient (Wildman–Crippen LogP) is 2.52. The summed E-state index contributed by atoms with van der Waals surface area (Å²) in [5.41, 5.74) is 1.83. The van der Waals surface area contributed by atoms with Crippen LogP contribution >= 0.6 is 15.9 Å². The van der Waals surface area contributed by atoms with Gasteiger partial charge in [-0.2, -0.15) is 0 Å². The van der Waals surface area contributed by atoms with E-state index in [4.69, 9.17) is 9.47 Å². The molecule has 84 valence electrons. The zero-order chi connectivity index (χ0) is 11.4. The Morgan fingerprint density at radius 2 is 1.93 bits per heavy atom. The van der Waals surface area contributed by atoms with Gasteiger partial charge in [-0.15, -0.1) is 0 Å². The third-order valence-corrected chi connectivity index (χ3v) is 3.05. The lowest BCUT2D eigenvalue weighted by molar-refractivity contribution is 0.277. The zero-order valence-corrected chi connectivity index (χ0v) is 10.7. The summed E-state index contributed by atoms with van der Waals surface area (Å²) in [7, 11) is 3.20. The molecule has 3 nitrogen and oxygen atoms in total. The Balaban J connectivity index is 3.44. The molecule has 0 atom stereocenters. The number of hydrogen-bond donors (Lipinski definition) is 1. The van der Waals surface area contributed by atoms with Crippen LogP contribution in [-0.4, -0.2) is 19.3 Å². The van der Waals surface area contributed by atoms with Crippen LogP contribution in [0.25, 0.3) is 0 Å². The highest BCUT2D eigenvalue weighted by Crippen LogP contribution is 2.38. The molecule has 0 saturated heterocycles. The van der Waals surface area contributed by atoms with Crippen LogP contribution in [-0.2, 0) is 13.0 Å². The van der Waals surface area contributed by atoms with Crippen molar-refractivity contribution >= 4 is 15.9 Å². The highest BCUT2D eigenvalue weighted by atomic mass is 79.9. The molecule has 1 aromatic carbocycles. The van der Waals surface area contributed by atoms with Crippen LogP contribution in [0.4, 0.5) is 0 Å². The molecule has 1 N–H and O–H groups in total. The van der Waals surface area contributed by atoms with Gasteiger partial charge in [0.1, 0.15) is 0 Å². The number of aliphatic hydroxyl groups is 1. The number of rotatable bonds is 4. The molecule has 1 aromatic rings. The largest absolute Gasteiger partial charge is 0.493 e. The van der Waals surface area contributed by atoms with E-state index in [0.29, 0.717) is 11.5 Å². The maximum absolute atomic E-state index is 9.29. The first-order valence-electron chi connectivity index (χ1n) is 4.72. The van der Waals surface area contributed by atoms with Crippen LogP contribution in [0, 0.1) is 0 Å². The molecule has 1 rings (SSSR count). The molecule has 0 spiro atoms. The molecular weight excluding hydrogens is 260 g/mol. The Labute approximate surface area is 98.1 Å². The molecule has 0 aliphatic carbocycles. The Morgan fingerprint density at radius 1 is 1.27 bits per heavy atom. The summed E-state index contributed by atoms with van der Waals surface area (Å²) in [6.45, 7) is 2.01. The van der Waals surface area contributed by atoms with Crippen molar-refractivity contribution in [3.05, 3.63) is 21.7 Å². The van der Waals surface area contributed by atoms with Crippen molar-refractivity contribution in [2.45, 2.75) is 20.0 Å². The topological polar surface area (TPSA) is 38.7 Å². The zero-order valence-electron chi connectivity index (χ0n) is 9.13. The lowest BCUT2D eigenvalue weighted by atomic mass is 10.0. The van der Waals surface area contributed by atoms with Crippen molar-refractivity contribution in [1.29, 1.82) is 0 Å². The van der Waals surface area contributed by atoms with Crippen LogP contribution in [0.15, 0.2) is 10.5 Å². The van der Waals surface area contributed by atoms with Gasteiger partial charge in [-0.3, -0.25) is 0 Å². The first-order chi connectivity index (χ1) is 7.19. The predicted molar refractivity (Wildman–Crippen MR) is 62.5 cm³/mol. The summed E-state index contributed by atoms with van der Waals surface area (Å²) < 4.78 is 11.4. The summed E-state index contributed by atoms with van der Waals surface area (Å²) in [5, 5.41) is 9.29. The Hall–Kier alpha value is -0.740. The second-order valence-electron chi connectivity index (χ2n) is 3.06. The Bertz CT molecular complexity index is 350. The van der Waals surface area contributed by atoms with Crippen LogP contribution in [0.5, 0.6) is 11.5 Å². The lowest BCUT2D eigenvalue weighted by Crippen LogP contribution is -2.01. The Morgan fingerprint density at radius 3 is 2.33 bits per heavy atom. The van der Waals surface area contributed by atoms with Crippen LogP contribution < -0.4 is 9.47 Å². The molecule has 15 heavy (non-hydrogen) atoms. The molecular formula is C11H15BrO3. The van der Waals surface area contributed by atoms with Gasteiger partial charge in [0, 0.05) is 10.0 Å². The van der Waals surface area contributed by atoms with E-state index in [0.717, 1.165) is 22.0 Å². The number of hydrogen-bond acceptors (Lipinski definition) is 3. The van der Waals surface area contributed by atoms with Crippen molar-refractivity contribution in [3.63, 3.8) is 0 Å². The summed E-state index contributed by atoms with van der Waals surface area (Å²) in [5.74, 6) is 1.38. The molecule has 0 fully saturated rings. The molecule has 0 aliphatic heterocycles. The maximum Gasteiger partial charge on any atom is 0.164 e. The quantitative estimate of drug-likeness (QED) is 0.917. The smallest absolute Gasteiger partial charge is 0.164 e. The highest BCUT2D eigenvalue weighted by molar-refractivity contribution is 9.10. The van der Waals surface area contributed by atoms with E-state index in [-0.39, 0.29) is 6.61 Å². The van der Waals surface area contributed by atoms with Crippen molar-refractivity contribution in [2.75, 3.05) is 14.2 Å². The molecule has 0 aliphatic rings. The fraction of sp³-hybridized carbons (Fsp3) is 0.455. The van der Waals surface area contributed by atoms with Crippen LogP contribution in [0.1, 0.15) is 18.1 Å². The average molecular weight is 275 g/mol. The Kier molecular flexibility index (Phi) is 4.42.